The maximum Gasteiger partial charge on any atom is 0.341 e. The molecule has 0 radical (unpaired) electrons. The minimum absolute atomic E-state index is 0.0586. The number of hydrogen-bond donors (Lipinski definition) is 1. The Hall–Kier alpha value is -2.08. The first-order valence-electron chi connectivity index (χ1n) is 8.00. The van der Waals surface area contributed by atoms with Gasteiger partial charge in [0.05, 0.1) is 6.61 Å². The molecule has 6 nitrogen and oxygen atoms in total. The molecule has 0 saturated carbocycles. The van der Waals surface area contributed by atoms with E-state index >= 15 is 0 Å². The molecule has 0 saturated heterocycles. The largest absolute Gasteiger partial charge is 0.481 e. The molecule has 6 heteroatoms. The number of carbonyl (C=O) groups is 2. The fourth-order valence-corrected chi connectivity index (χ4v) is 2.54. The average Bonchev–Trinajstić information content (AvgIpc) is 2.49. The lowest BCUT2D eigenvalue weighted by Crippen LogP contribution is -2.36. The number of methoxy groups -OCH3 is 1. The average molecular weight is 337 g/mol. The molecule has 1 N–H and O–H groups in total. The Bertz CT molecular complexity index is 560. The molecule has 0 fully saturated rings. The van der Waals surface area contributed by atoms with Crippen LogP contribution in [0.4, 0.5) is 0 Å². The number of carboxylic acid groups (broad SMARTS) is 1. The highest BCUT2D eigenvalue weighted by Crippen LogP contribution is 2.25. The van der Waals surface area contributed by atoms with Gasteiger partial charge in [0, 0.05) is 25.8 Å². The molecule has 1 aromatic rings. The summed E-state index contributed by atoms with van der Waals surface area (Å²) in [7, 11) is 1.61. The smallest absolute Gasteiger partial charge is 0.341 e. The van der Waals surface area contributed by atoms with E-state index in [0.29, 0.717) is 36.9 Å². The standard InChI is InChI=1S/C18H27NO5/c1-12(2)10-19(6-7-23-5)18(22)15-8-13(3)17(14(4)9-15)24-11-16(20)21/h8-9,12H,6-7,10-11H2,1-5H3,(H,20,21). The van der Waals surface area contributed by atoms with Gasteiger partial charge in [-0.25, -0.2) is 4.79 Å². The monoisotopic (exact) mass is 337 g/mol. The normalized spacial score (nSPS) is 10.8. The summed E-state index contributed by atoms with van der Waals surface area (Å²) in [5, 5.41) is 8.74. The Labute approximate surface area is 143 Å². The number of nitrogens with zero attached hydrogens (tertiary/aromatic N) is 1. The third-order valence-corrected chi connectivity index (χ3v) is 3.49. The van der Waals surface area contributed by atoms with Crippen LogP contribution in [0.15, 0.2) is 12.1 Å². The van der Waals surface area contributed by atoms with E-state index in [1.165, 1.54) is 0 Å². The van der Waals surface area contributed by atoms with Crippen LogP contribution in [0.5, 0.6) is 5.75 Å². The Morgan fingerprint density at radius 3 is 2.25 bits per heavy atom. The second-order valence-corrected chi connectivity index (χ2v) is 6.26. The van der Waals surface area contributed by atoms with Gasteiger partial charge in [-0.1, -0.05) is 13.8 Å². The third kappa shape index (κ3) is 5.85. The summed E-state index contributed by atoms with van der Waals surface area (Å²) >= 11 is 0. The van der Waals surface area contributed by atoms with Gasteiger partial charge in [-0.15, -0.1) is 0 Å². The molecule has 0 aliphatic heterocycles. The van der Waals surface area contributed by atoms with Gasteiger partial charge in [-0.3, -0.25) is 4.79 Å². The number of carboxylic acids is 1. The van der Waals surface area contributed by atoms with Crippen LogP contribution in [-0.2, 0) is 9.53 Å². The number of carbonyl (C=O) groups excluding carboxylic acids is 1. The highest BCUT2D eigenvalue weighted by molar-refractivity contribution is 5.95. The Kier molecular flexibility index (Phi) is 7.71. The fourth-order valence-electron chi connectivity index (χ4n) is 2.54. The summed E-state index contributed by atoms with van der Waals surface area (Å²) < 4.78 is 10.4. The number of hydrogen-bond acceptors (Lipinski definition) is 4. The summed E-state index contributed by atoms with van der Waals surface area (Å²) in [4.78, 5) is 25.2. The molecule has 134 valence electrons. The van der Waals surface area contributed by atoms with Crippen molar-refractivity contribution in [2.75, 3.05) is 33.4 Å². The quantitative estimate of drug-likeness (QED) is 0.749. The lowest BCUT2D eigenvalue weighted by molar-refractivity contribution is -0.139. The molecule has 0 aromatic heterocycles. The number of benzene rings is 1. The predicted molar refractivity (Wildman–Crippen MR) is 91.7 cm³/mol. The van der Waals surface area contributed by atoms with Crippen molar-refractivity contribution in [3.8, 4) is 5.75 Å². The van der Waals surface area contributed by atoms with Crippen LogP contribution in [0.25, 0.3) is 0 Å². The zero-order chi connectivity index (χ0) is 18.3. The SMILES string of the molecule is COCCN(CC(C)C)C(=O)c1cc(C)c(OCC(=O)O)c(C)c1. The highest BCUT2D eigenvalue weighted by atomic mass is 16.5. The fraction of sp³-hybridized carbons (Fsp3) is 0.556. The highest BCUT2D eigenvalue weighted by Gasteiger charge is 2.19. The van der Waals surface area contributed by atoms with Crippen molar-refractivity contribution in [1.29, 1.82) is 0 Å². The molecule has 1 amide bonds. The summed E-state index contributed by atoms with van der Waals surface area (Å²) in [6.45, 7) is 9.00. The van der Waals surface area contributed by atoms with E-state index in [2.05, 4.69) is 13.8 Å². The van der Waals surface area contributed by atoms with Crippen LogP contribution in [0.3, 0.4) is 0 Å². The summed E-state index contributed by atoms with van der Waals surface area (Å²) in [6, 6.07) is 3.49. The maximum absolute atomic E-state index is 12.8. The second-order valence-electron chi connectivity index (χ2n) is 6.26. The molecule has 0 bridgehead atoms. The molecular weight excluding hydrogens is 310 g/mol. The van der Waals surface area contributed by atoms with Gasteiger partial charge in [-0.05, 0) is 43.0 Å². The van der Waals surface area contributed by atoms with Crippen molar-refractivity contribution in [2.45, 2.75) is 27.7 Å². The predicted octanol–water partition coefficient (Wildman–Crippen LogP) is 2.51. The molecule has 0 aliphatic carbocycles. The molecular formula is C18H27NO5. The van der Waals surface area contributed by atoms with Gasteiger partial charge >= 0.3 is 5.97 Å². The van der Waals surface area contributed by atoms with Crippen LogP contribution in [-0.4, -0.2) is 55.3 Å². The molecule has 1 aromatic carbocycles. The first kappa shape index (κ1) is 20.0. The maximum atomic E-state index is 12.8. The summed E-state index contributed by atoms with van der Waals surface area (Å²) in [6.07, 6.45) is 0. The van der Waals surface area contributed by atoms with Crippen molar-refractivity contribution in [1.82, 2.24) is 4.90 Å². The lowest BCUT2D eigenvalue weighted by Gasteiger charge is -2.25. The van der Waals surface area contributed by atoms with Crippen molar-refractivity contribution in [3.63, 3.8) is 0 Å². The van der Waals surface area contributed by atoms with Gasteiger partial charge in [0.25, 0.3) is 5.91 Å². The van der Waals surface area contributed by atoms with Gasteiger partial charge in [0.15, 0.2) is 6.61 Å². The van der Waals surface area contributed by atoms with Crippen LogP contribution in [0.1, 0.15) is 35.3 Å². The Morgan fingerprint density at radius 2 is 1.79 bits per heavy atom. The minimum Gasteiger partial charge on any atom is -0.481 e. The summed E-state index contributed by atoms with van der Waals surface area (Å²) in [5.74, 6) is -0.221. The van der Waals surface area contributed by atoms with E-state index in [-0.39, 0.29) is 5.91 Å². The molecule has 0 aliphatic rings. The third-order valence-electron chi connectivity index (χ3n) is 3.49. The van der Waals surface area contributed by atoms with Gasteiger partial charge in [-0.2, -0.15) is 0 Å². The minimum atomic E-state index is -1.03. The van der Waals surface area contributed by atoms with Crippen molar-refractivity contribution >= 4 is 11.9 Å². The van der Waals surface area contributed by atoms with Crippen LogP contribution in [0.2, 0.25) is 0 Å². The van der Waals surface area contributed by atoms with Crippen molar-refractivity contribution in [2.24, 2.45) is 5.92 Å². The van der Waals surface area contributed by atoms with E-state index in [4.69, 9.17) is 14.6 Å². The molecule has 0 heterocycles. The number of aliphatic carboxylic acids is 1. The van der Waals surface area contributed by atoms with Crippen LogP contribution >= 0.6 is 0 Å². The first-order chi connectivity index (χ1) is 11.3. The molecule has 0 atom stereocenters. The Morgan fingerprint density at radius 1 is 1.21 bits per heavy atom. The second kappa shape index (κ2) is 9.27. The van der Waals surface area contributed by atoms with Crippen LogP contribution in [0, 0.1) is 19.8 Å². The van der Waals surface area contributed by atoms with Gasteiger partial charge in [0.2, 0.25) is 0 Å². The molecule has 0 spiro atoms. The van der Waals surface area contributed by atoms with Crippen LogP contribution < -0.4 is 4.74 Å². The van der Waals surface area contributed by atoms with E-state index in [1.54, 1.807) is 24.1 Å². The molecule has 0 unspecified atom stereocenters. The lowest BCUT2D eigenvalue weighted by atomic mass is 10.0. The number of rotatable bonds is 9. The number of aryl methyl sites for hydroxylation is 2. The van der Waals surface area contributed by atoms with E-state index < -0.39 is 12.6 Å². The number of ether oxygens (including phenoxy) is 2. The zero-order valence-corrected chi connectivity index (χ0v) is 15.1. The topological polar surface area (TPSA) is 76.1 Å². The van der Waals surface area contributed by atoms with Gasteiger partial charge < -0.3 is 19.5 Å². The van der Waals surface area contributed by atoms with E-state index in [0.717, 1.165) is 11.1 Å². The van der Waals surface area contributed by atoms with Crippen molar-refractivity contribution < 1.29 is 24.2 Å². The first-order valence-corrected chi connectivity index (χ1v) is 8.00. The Balaban J connectivity index is 3.02. The number of amides is 1. The van der Waals surface area contributed by atoms with Gasteiger partial charge in [0.1, 0.15) is 5.75 Å². The van der Waals surface area contributed by atoms with E-state index in [9.17, 15) is 9.59 Å². The zero-order valence-electron chi connectivity index (χ0n) is 15.1. The van der Waals surface area contributed by atoms with E-state index in [1.807, 2.05) is 13.8 Å². The van der Waals surface area contributed by atoms with Crippen molar-refractivity contribution in [3.05, 3.63) is 28.8 Å². The molecule has 1 rings (SSSR count). The molecule has 24 heavy (non-hydrogen) atoms. The summed E-state index contributed by atoms with van der Waals surface area (Å²) in [5.41, 5.74) is 2.07.